The van der Waals surface area contributed by atoms with Crippen LogP contribution in [0.2, 0.25) is 0 Å². The molecule has 1 aromatic rings. The monoisotopic (exact) mass is 232 g/mol. The van der Waals surface area contributed by atoms with Crippen LogP contribution < -0.4 is 0 Å². The quantitative estimate of drug-likeness (QED) is 0.798. The van der Waals surface area contributed by atoms with Crippen LogP contribution in [0, 0.1) is 12.8 Å². The SMILES string of the molecule is Cc1ccccc1CC(=O)CC1CCOCC1. The van der Waals surface area contributed by atoms with Gasteiger partial charge in [0.05, 0.1) is 0 Å². The van der Waals surface area contributed by atoms with Gasteiger partial charge in [-0.05, 0) is 36.8 Å². The lowest BCUT2D eigenvalue weighted by molar-refractivity contribution is -0.120. The van der Waals surface area contributed by atoms with Gasteiger partial charge in [0, 0.05) is 26.1 Å². The van der Waals surface area contributed by atoms with Crippen molar-refractivity contribution in [3.05, 3.63) is 35.4 Å². The molecule has 1 fully saturated rings. The summed E-state index contributed by atoms with van der Waals surface area (Å²) in [5.41, 5.74) is 2.39. The second kappa shape index (κ2) is 5.97. The maximum atomic E-state index is 12.0. The van der Waals surface area contributed by atoms with Gasteiger partial charge in [-0.2, -0.15) is 0 Å². The van der Waals surface area contributed by atoms with E-state index >= 15 is 0 Å². The highest BCUT2D eigenvalue weighted by Crippen LogP contribution is 2.20. The van der Waals surface area contributed by atoms with Crippen LogP contribution in [0.5, 0.6) is 0 Å². The minimum atomic E-state index is 0.367. The smallest absolute Gasteiger partial charge is 0.137 e. The molecular formula is C15H20O2. The van der Waals surface area contributed by atoms with E-state index in [4.69, 9.17) is 4.74 Å². The van der Waals surface area contributed by atoms with Crippen LogP contribution in [-0.4, -0.2) is 19.0 Å². The Morgan fingerprint density at radius 1 is 1.29 bits per heavy atom. The Bertz CT molecular complexity index is 378. The predicted octanol–water partition coefficient (Wildman–Crippen LogP) is 2.92. The van der Waals surface area contributed by atoms with Gasteiger partial charge in [0.2, 0.25) is 0 Å². The standard InChI is InChI=1S/C15H20O2/c1-12-4-2-3-5-14(12)11-15(16)10-13-6-8-17-9-7-13/h2-5,13H,6-11H2,1H3. The lowest BCUT2D eigenvalue weighted by Crippen LogP contribution is -2.19. The average Bonchev–Trinajstić information content (AvgIpc) is 2.33. The summed E-state index contributed by atoms with van der Waals surface area (Å²) in [4.78, 5) is 12.0. The fourth-order valence-electron chi connectivity index (χ4n) is 2.37. The van der Waals surface area contributed by atoms with Crippen LogP contribution in [0.15, 0.2) is 24.3 Å². The maximum Gasteiger partial charge on any atom is 0.137 e. The van der Waals surface area contributed by atoms with Gasteiger partial charge in [-0.1, -0.05) is 24.3 Å². The Morgan fingerprint density at radius 3 is 2.71 bits per heavy atom. The van der Waals surface area contributed by atoms with E-state index in [2.05, 4.69) is 19.1 Å². The number of ketones is 1. The second-order valence-electron chi connectivity index (χ2n) is 4.90. The van der Waals surface area contributed by atoms with Crippen LogP contribution >= 0.6 is 0 Å². The summed E-state index contributed by atoms with van der Waals surface area (Å²) in [6.07, 6.45) is 3.39. The highest BCUT2D eigenvalue weighted by atomic mass is 16.5. The summed E-state index contributed by atoms with van der Waals surface area (Å²) in [5.74, 6) is 0.909. The van der Waals surface area contributed by atoms with Gasteiger partial charge in [-0.15, -0.1) is 0 Å². The molecule has 2 rings (SSSR count). The number of benzene rings is 1. The third-order valence-electron chi connectivity index (χ3n) is 3.51. The molecule has 0 spiro atoms. The summed E-state index contributed by atoms with van der Waals surface area (Å²) in [6.45, 7) is 3.71. The summed E-state index contributed by atoms with van der Waals surface area (Å²) in [5, 5.41) is 0. The molecule has 0 amide bonds. The van der Waals surface area contributed by atoms with E-state index in [1.165, 1.54) is 11.1 Å². The zero-order valence-electron chi connectivity index (χ0n) is 10.4. The van der Waals surface area contributed by atoms with Crippen molar-refractivity contribution in [1.82, 2.24) is 0 Å². The van der Waals surface area contributed by atoms with E-state index in [-0.39, 0.29) is 0 Å². The molecule has 0 N–H and O–H groups in total. The third-order valence-corrected chi connectivity index (χ3v) is 3.51. The highest BCUT2D eigenvalue weighted by molar-refractivity contribution is 5.81. The molecule has 0 bridgehead atoms. The Labute approximate surface area is 103 Å². The molecule has 0 aromatic heterocycles. The number of carbonyl (C=O) groups is 1. The molecule has 0 unspecified atom stereocenters. The van der Waals surface area contributed by atoms with Gasteiger partial charge >= 0.3 is 0 Å². The first-order valence-corrected chi connectivity index (χ1v) is 6.39. The third kappa shape index (κ3) is 3.67. The zero-order valence-corrected chi connectivity index (χ0v) is 10.4. The Balaban J connectivity index is 1.86. The van der Waals surface area contributed by atoms with Gasteiger partial charge < -0.3 is 4.74 Å². The van der Waals surface area contributed by atoms with Gasteiger partial charge in [0.25, 0.3) is 0 Å². The number of ether oxygens (including phenoxy) is 1. The number of Topliss-reactive ketones (excluding diaryl/α,β-unsaturated/α-hetero) is 1. The van der Waals surface area contributed by atoms with Gasteiger partial charge in [-0.3, -0.25) is 4.79 Å². The molecule has 0 aliphatic carbocycles. The lowest BCUT2D eigenvalue weighted by atomic mass is 9.91. The first-order valence-electron chi connectivity index (χ1n) is 6.39. The van der Waals surface area contributed by atoms with Crippen LogP contribution in [-0.2, 0) is 16.0 Å². The molecule has 0 radical (unpaired) electrons. The summed E-state index contributed by atoms with van der Waals surface area (Å²) < 4.78 is 5.31. The molecule has 1 aromatic carbocycles. The van der Waals surface area contributed by atoms with Crippen LogP contribution in [0.25, 0.3) is 0 Å². The largest absolute Gasteiger partial charge is 0.381 e. The average molecular weight is 232 g/mol. The Kier molecular flexibility index (Phi) is 4.32. The molecule has 17 heavy (non-hydrogen) atoms. The predicted molar refractivity (Wildman–Crippen MR) is 68.1 cm³/mol. The van der Waals surface area contributed by atoms with E-state index in [0.29, 0.717) is 18.1 Å². The fourth-order valence-corrected chi connectivity index (χ4v) is 2.37. The summed E-state index contributed by atoms with van der Waals surface area (Å²) in [7, 11) is 0. The van der Waals surface area contributed by atoms with Crippen molar-refractivity contribution in [2.45, 2.75) is 32.6 Å². The molecule has 2 nitrogen and oxygen atoms in total. The van der Waals surface area contributed by atoms with Crippen molar-refractivity contribution < 1.29 is 9.53 Å². The lowest BCUT2D eigenvalue weighted by Gasteiger charge is -2.21. The molecule has 1 heterocycles. The molecule has 1 aliphatic heterocycles. The van der Waals surface area contributed by atoms with Crippen molar-refractivity contribution in [3.63, 3.8) is 0 Å². The zero-order chi connectivity index (χ0) is 12.1. The van der Waals surface area contributed by atoms with Gasteiger partial charge in [0.15, 0.2) is 0 Å². The summed E-state index contributed by atoms with van der Waals surface area (Å²) >= 11 is 0. The number of aryl methyl sites for hydroxylation is 1. The molecule has 0 saturated carbocycles. The first-order chi connectivity index (χ1) is 8.25. The Morgan fingerprint density at radius 2 is 2.00 bits per heavy atom. The second-order valence-corrected chi connectivity index (χ2v) is 4.90. The first kappa shape index (κ1) is 12.3. The number of hydrogen-bond donors (Lipinski definition) is 0. The van der Waals surface area contributed by atoms with E-state index in [0.717, 1.165) is 32.5 Å². The van der Waals surface area contributed by atoms with Gasteiger partial charge in [-0.25, -0.2) is 0 Å². The normalized spacial score (nSPS) is 17.0. The van der Waals surface area contributed by atoms with E-state index in [1.807, 2.05) is 12.1 Å². The molecule has 2 heteroatoms. The molecule has 1 saturated heterocycles. The van der Waals surface area contributed by atoms with E-state index in [9.17, 15) is 4.79 Å². The minimum absolute atomic E-state index is 0.367. The number of carbonyl (C=O) groups excluding carboxylic acids is 1. The maximum absolute atomic E-state index is 12.0. The van der Waals surface area contributed by atoms with Crippen LogP contribution in [0.1, 0.15) is 30.4 Å². The van der Waals surface area contributed by atoms with Crippen molar-refractivity contribution >= 4 is 5.78 Å². The Hall–Kier alpha value is -1.15. The minimum Gasteiger partial charge on any atom is -0.381 e. The number of hydrogen-bond acceptors (Lipinski definition) is 2. The van der Waals surface area contributed by atoms with E-state index < -0.39 is 0 Å². The summed E-state index contributed by atoms with van der Waals surface area (Å²) in [6, 6.07) is 8.14. The molecule has 92 valence electrons. The van der Waals surface area contributed by atoms with Crippen molar-refractivity contribution in [3.8, 4) is 0 Å². The number of rotatable bonds is 4. The van der Waals surface area contributed by atoms with Crippen molar-refractivity contribution in [1.29, 1.82) is 0 Å². The van der Waals surface area contributed by atoms with Crippen LogP contribution in [0.4, 0.5) is 0 Å². The fraction of sp³-hybridized carbons (Fsp3) is 0.533. The molecule has 0 atom stereocenters. The van der Waals surface area contributed by atoms with Crippen molar-refractivity contribution in [2.75, 3.05) is 13.2 Å². The topological polar surface area (TPSA) is 26.3 Å². The highest BCUT2D eigenvalue weighted by Gasteiger charge is 2.17. The van der Waals surface area contributed by atoms with Crippen molar-refractivity contribution in [2.24, 2.45) is 5.92 Å². The molecule has 1 aliphatic rings. The van der Waals surface area contributed by atoms with Gasteiger partial charge in [0.1, 0.15) is 5.78 Å². The van der Waals surface area contributed by atoms with E-state index in [1.54, 1.807) is 0 Å². The van der Waals surface area contributed by atoms with Crippen LogP contribution in [0.3, 0.4) is 0 Å². The molecular weight excluding hydrogens is 212 g/mol.